The molecule has 0 radical (unpaired) electrons. The maximum atomic E-state index is 13.1. The molecule has 2 aromatic rings. The minimum atomic E-state index is -0.630. The van der Waals surface area contributed by atoms with E-state index in [9.17, 15) is 9.59 Å². The van der Waals surface area contributed by atoms with E-state index in [1.807, 2.05) is 52.0 Å². The number of nitrogens with zero attached hydrogens (tertiary/aromatic N) is 1. The van der Waals surface area contributed by atoms with Gasteiger partial charge in [0.2, 0.25) is 5.91 Å². The van der Waals surface area contributed by atoms with Crippen LogP contribution in [0.25, 0.3) is 0 Å². The molecule has 30 heavy (non-hydrogen) atoms. The van der Waals surface area contributed by atoms with Gasteiger partial charge in [0.15, 0.2) is 6.61 Å². The van der Waals surface area contributed by atoms with E-state index in [2.05, 4.69) is 5.32 Å². The molecule has 0 aliphatic heterocycles. The van der Waals surface area contributed by atoms with Gasteiger partial charge in [-0.05, 0) is 56.5 Å². The minimum absolute atomic E-state index is 0.0308. The Morgan fingerprint density at radius 2 is 1.80 bits per heavy atom. The molecule has 0 aliphatic rings. The number of amides is 2. The topological polar surface area (TPSA) is 58.6 Å². The van der Waals surface area contributed by atoms with Gasteiger partial charge < -0.3 is 15.0 Å². The van der Waals surface area contributed by atoms with Crippen LogP contribution in [0.3, 0.4) is 0 Å². The van der Waals surface area contributed by atoms with Gasteiger partial charge in [-0.15, -0.1) is 0 Å². The first-order valence-corrected chi connectivity index (χ1v) is 10.7. The van der Waals surface area contributed by atoms with Crippen LogP contribution in [-0.2, 0) is 16.1 Å². The second-order valence-corrected chi connectivity index (χ2v) is 8.23. The molecule has 2 amide bonds. The summed E-state index contributed by atoms with van der Waals surface area (Å²) in [5.41, 5.74) is 1.72. The Hall–Kier alpha value is -2.24. The predicted molar refractivity (Wildman–Crippen MR) is 121 cm³/mol. The number of hydrogen-bond acceptors (Lipinski definition) is 3. The molecule has 162 valence electrons. The quantitative estimate of drug-likeness (QED) is 0.583. The third-order valence-corrected chi connectivity index (χ3v) is 5.34. The number of rotatable bonds is 9. The SMILES string of the molecule is CC[C@@H](C(=O)NC(C)C)N(Cc1ccc(Cl)c(Cl)c1)C(=O)COc1ccccc1C. The fourth-order valence-corrected chi connectivity index (χ4v) is 3.40. The summed E-state index contributed by atoms with van der Waals surface area (Å²) in [7, 11) is 0. The maximum Gasteiger partial charge on any atom is 0.261 e. The highest BCUT2D eigenvalue weighted by atomic mass is 35.5. The number of aryl methyl sites for hydroxylation is 1. The van der Waals surface area contributed by atoms with Crippen LogP contribution < -0.4 is 10.1 Å². The van der Waals surface area contributed by atoms with Crippen LogP contribution in [0.5, 0.6) is 5.75 Å². The summed E-state index contributed by atoms with van der Waals surface area (Å²) >= 11 is 12.2. The molecule has 0 saturated heterocycles. The highest BCUT2D eigenvalue weighted by Gasteiger charge is 2.29. The van der Waals surface area contributed by atoms with Gasteiger partial charge >= 0.3 is 0 Å². The largest absolute Gasteiger partial charge is 0.484 e. The summed E-state index contributed by atoms with van der Waals surface area (Å²) < 4.78 is 5.75. The number of carbonyl (C=O) groups is 2. The fraction of sp³-hybridized carbons (Fsp3) is 0.391. The van der Waals surface area contributed by atoms with Crippen LogP contribution in [-0.4, -0.2) is 35.4 Å². The fourth-order valence-electron chi connectivity index (χ4n) is 3.08. The monoisotopic (exact) mass is 450 g/mol. The van der Waals surface area contributed by atoms with Gasteiger partial charge in [0, 0.05) is 12.6 Å². The molecule has 0 heterocycles. The Balaban J connectivity index is 2.25. The van der Waals surface area contributed by atoms with E-state index < -0.39 is 6.04 Å². The first kappa shape index (κ1) is 24.0. The van der Waals surface area contributed by atoms with Gasteiger partial charge in [-0.2, -0.15) is 0 Å². The van der Waals surface area contributed by atoms with Crippen molar-refractivity contribution in [2.45, 2.75) is 52.7 Å². The van der Waals surface area contributed by atoms with Crippen LogP contribution in [0.1, 0.15) is 38.3 Å². The molecule has 2 aromatic carbocycles. The van der Waals surface area contributed by atoms with E-state index in [1.54, 1.807) is 18.2 Å². The molecule has 0 bridgehead atoms. The number of hydrogen-bond donors (Lipinski definition) is 1. The lowest BCUT2D eigenvalue weighted by Crippen LogP contribution is -2.51. The summed E-state index contributed by atoms with van der Waals surface area (Å²) in [6.45, 7) is 7.61. The molecule has 0 aliphatic carbocycles. The lowest BCUT2D eigenvalue weighted by atomic mass is 10.1. The van der Waals surface area contributed by atoms with Crippen LogP contribution in [0.2, 0.25) is 10.0 Å². The first-order valence-electron chi connectivity index (χ1n) is 9.95. The van der Waals surface area contributed by atoms with Gasteiger partial charge in [-0.3, -0.25) is 9.59 Å². The number of carbonyl (C=O) groups excluding carboxylic acids is 2. The van der Waals surface area contributed by atoms with Crippen LogP contribution in [0.15, 0.2) is 42.5 Å². The molecule has 0 saturated carbocycles. The van der Waals surface area contributed by atoms with Crippen LogP contribution in [0, 0.1) is 6.92 Å². The summed E-state index contributed by atoms with van der Waals surface area (Å²) in [5.74, 6) is 0.159. The average molecular weight is 451 g/mol. The zero-order valence-electron chi connectivity index (χ0n) is 17.7. The Kier molecular flexibility index (Phi) is 9.00. The Morgan fingerprint density at radius 1 is 1.10 bits per heavy atom. The zero-order valence-corrected chi connectivity index (χ0v) is 19.3. The summed E-state index contributed by atoms with van der Waals surface area (Å²) in [6.07, 6.45) is 0.468. The molecule has 0 unspecified atom stereocenters. The summed E-state index contributed by atoms with van der Waals surface area (Å²) in [5, 5.41) is 3.73. The lowest BCUT2D eigenvalue weighted by molar-refractivity contribution is -0.143. The van der Waals surface area contributed by atoms with Crippen molar-refractivity contribution >= 4 is 35.0 Å². The van der Waals surface area contributed by atoms with Crippen molar-refractivity contribution in [3.8, 4) is 5.75 Å². The molecule has 0 aromatic heterocycles. The third kappa shape index (κ3) is 6.64. The zero-order chi connectivity index (χ0) is 22.3. The normalized spacial score (nSPS) is 11.8. The smallest absolute Gasteiger partial charge is 0.261 e. The Morgan fingerprint density at radius 3 is 2.40 bits per heavy atom. The predicted octanol–water partition coefficient (Wildman–Crippen LogP) is 5.01. The summed E-state index contributed by atoms with van der Waals surface area (Å²) in [6, 6.07) is 12.0. The molecule has 0 spiro atoms. The van der Waals surface area contributed by atoms with Crippen molar-refractivity contribution in [2.24, 2.45) is 0 Å². The number of ether oxygens (including phenoxy) is 1. The molecular formula is C23H28Cl2N2O3. The third-order valence-electron chi connectivity index (χ3n) is 4.60. The number of halogens is 2. The van der Waals surface area contributed by atoms with Gasteiger partial charge in [-0.1, -0.05) is 54.4 Å². The number of nitrogens with one attached hydrogen (secondary N) is 1. The Labute approximate surface area is 188 Å². The average Bonchev–Trinajstić information content (AvgIpc) is 2.69. The van der Waals surface area contributed by atoms with Gasteiger partial charge in [-0.25, -0.2) is 0 Å². The standard InChI is InChI=1S/C23H28Cl2N2O3/c1-5-20(23(29)26-15(2)3)27(13-17-10-11-18(24)19(25)12-17)22(28)14-30-21-9-7-6-8-16(21)4/h6-12,15,20H,5,13-14H2,1-4H3,(H,26,29)/t20-/m0/s1. The molecule has 5 nitrogen and oxygen atoms in total. The number of benzene rings is 2. The molecular weight excluding hydrogens is 423 g/mol. The molecule has 2 rings (SSSR count). The van der Waals surface area contributed by atoms with E-state index in [-0.39, 0.29) is 31.0 Å². The van der Waals surface area contributed by atoms with Crippen molar-refractivity contribution < 1.29 is 14.3 Å². The van der Waals surface area contributed by atoms with E-state index in [0.29, 0.717) is 22.2 Å². The highest BCUT2D eigenvalue weighted by Crippen LogP contribution is 2.24. The highest BCUT2D eigenvalue weighted by molar-refractivity contribution is 6.42. The second kappa shape index (κ2) is 11.2. The van der Waals surface area contributed by atoms with E-state index in [0.717, 1.165) is 11.1 Å². The Bertz CT molecular complexity index is 887. The van der Waals surface area contributed by atoms with Gasteiger partial charge in [0.25, 0.3) is 5.91 Å². The van der Waals surface area contributed by atoms with Crippen LogP contribution >= 0.6 is 23.2 Å². The maximum absolute atomic E-state index is 13.1. The molecule has 7 heteroatoms. The van der Waals surface area contributed by atoms with Crippen molar-refractivity contribution in [3.63, 3.8) is 0 Å². The van der Waals surface area contributed by atoms with Gasteiger partial charge in [0.1, 0.15) is 11.8 Å². The first-order chi connectivity index (χ1) is 14.2. The van der Waals surface area contributed by atoms with Gasteiger partial charge in [0.05, 0.1) is 10.0 Å². The van der Waals surface area contributed by atoms with E-state index in [4.69, 9.17) is 27.9 Å². The van der Waals surface area contributed by atoms with Crippen LogP contribution in [0.4, 0.5) is 0 Å². The van der Waals surface area contributed by atoms with Crippen molar-refractivity contribution in [1.29, 1.82) is 0 Å². The minimum Gasteiger partial charge on any atom is -0.484 e. The summed E-state index contributed by atoms with van der Waals surface area (Å²) in [4.78, 5) is 27.5. The second-order valence-electron chi connectivity index (χ2n) is 7.41. The van der Waals surface area contributed by atoms with Crippen molar-refractivity contribution in [1.82, 2.24) is 10.2 Å². The van der Waals surface area contributed by atoms with E-state index in [1.165, 1.54) is 4.90 Å². The van der Waals surface area contributed by atoms with Crippen molar-refractivity contribution in [3.05, 3.63) is 63.6 Å². The number of para-hydroxylation sites is 1. The van der Waals surface area contributed by atoms with E-state index >= 15 is 0 Å². The lowest BCUT2D eigenvalue weighted by Gasteiger charge is -2.31. The molecule has 1 N–H and O–H groups in total. The molecule has 1 atom stereocenters. The van der Waals surface area contributed by atoms with Crippen molar-refractivity contribution in [2.75, 3.05) is 6.61 Å². The molecule has 0 fully saturated rings.